The predicted molar refractivity (Wildman–Crippen MR) is 97.2 cm³/mol. The number of rotatable bonds is 2. The Morgan fingerprint density at radius 3 is 2.67 bits per heavy atom. The average Bonchev–Trinajstić information content (AvgIpc) is 2.98. The molecule has 0 fully saturated rings. The first-order chi connectivity index (χ1) is 11.2. The molecule has 8 heteroatoms. The molecule has 1 N–H and O–H groups in total. The van der Waals surface area contributed by atoms with Crippen molar-refractivity contribution in [3.05, 3.63) is 45.1 Å². The molecule has 0 saturated carbocycles. The van der Waals surface area contributed by atoms with Crippen LogP contribution in [0.1, 0.15) is 42.4 Å². The summed E-state index contributed by atoms with van der Waals surface area (Å²) in [6.07, 6.45) is 0. The molecule has 2 aromatic rings. The zero-order valence-corrected chi connectivity index (χ0v) is 15.8. The lowest BCUT2D eigenvalue weighted by atomic mass is 10.1. The summed E-state index contributed by atoms with van der Waals surface area (Å²) in [6, 6.07) is 4.73. The number of carbonyl (C=O) groups excluding carboxylic acids is 1. The van der Waals surface area contributed by atoms with Crippen LogP contribution in [0.15, 0.2) is 18.2 Å². The molecule has 0 radical (unpaired) electrons. The molecule has 128 valence electrons. The van der Waals surface area contributed by atoms with Crippen LogP contribution < -0.4 is 5.32 Å². The number of aromatic nitrogens is 2. The van der Waals surface area contributed by atoms with Gasteiger partial charge < -0.3 is 5.32 Å². The van der Waals surface area contributed by atoms with Gasteiger partial charge in [-0.25, -0.2) is 4.68 Å². The standard InChI is InChI=1S/C16H17Cl2N3O2S/c1-16(2,3)21-14(11-7-24(23)8-13(11)20-21)19-15(22)10-6-9(17)4-5-12(10)18/h4-6H,7-8H2,1-3H3,(H,19,22). The molecule has 24 heavy (non-hydrogen) atoms. The van der Waals surface area contributed by atoms with Gasteiger partial charge in [0.2, 0.25) is 0 Å². The second-order valence-electron chi connectivity index (χ2n) is 6.66. The summed E-state index contributed by atoms with van der Waals surface area (Å²) < 4.78 is 13.6. The summed E-state index contributed by atoms with van der Waals surface area (Å²) in [7, 11) is -0.975. The first kappa shape index (κ1) is 17.5. The Bertz CT molecular complexity index is 856. The lowest BCUT2D eigenvalue weighted by Crippen LogP contribution is -2.27. The number of nitrogens with one attached hydrogen (secondary N) is 1. The molecule has 1 unspecified atom stereocenters. The minimum atomic E-state index is -0.975. The predicted octanol–water partition coefficient (Wildman–Crippen LogP) is 3.96. The van der Waals surface area contributed by atoms with Crippen molar-refractivity contribution in [1.82, 2.24) is 9.78 Å². The first-order valence-corrected chi connectivity index (χ1v) is 9.64. The van der Waals surface area contributed by atoms with Crippen molar-refractivity contribution in [2.24, 2.45) is 0 Å². The smallest absolute Gasteiger partial charge is 0.258 e. The number of nitrogens with zero attached hydrogens (tertiary/aromatic N) is 2. The van der Waals surface area contributed by atoms with Gasteiger partial charge in [-0.05, 0) is 39.0 Å². The van der Waals surface area contributed by atoms with E-state index in [0.29, 0.717) is 32.9 Å². The highest BCUT2D eigenvalue weighted by Crippen LogP contribution is 2.33. The van der Waals surface area contributed by atoms with E-state index in [1.165, 1.54) is 6.07 Å². The second kappa shape index (κ2) is 6.17. The van der Waals surface area contributed by atoms with Crippen LogP contribution in [0, 0.1) is 0 Å². The van der Waals surface area contributed by atoms with Crippen LogP contribution in [-0.2, 0) is 27.8 Å². The van der Waals surface area contributed by atoms with Gasteiger partial charge in [-0.15, -0.1) is 0 Å². The van der Waals surface area contributed by atoms with Crippen molar-refractivity contribution >= 4 is 45.7 Å². The van der Waals surface area contributed by atoms with Gasteiger partial charge in [0.05, 0.1) is 33.3 Å². The molecule has 0 spiro atoms. The van der Waals surface area contributed by atoms with Crippen LogP contribution in [-0.4, -0.2) is 19.9 Å². The Kier molecular flexibility index (Phi) is 4.49. The van der Waals surface area contributed by atoms with Gasteiger partial charge in [0, 0.05) is 21.4 Å². The topological polar surface area (TPSA) is 64.0 Å². The van der Waals surface area contributed by atoms with Crippen molar-refractivity contribution in [3.63, 3.8) is 0 Å². The van der Waals surface area contributed by atoms with E-state index in [-0.39, 0.29) is 11.4 Å². The maximum absolute atomic E-state index is 12.7. The van der Waals surface area contributed by atoms with Crippen LogP contribution >= 0.6 is 23.2 Å². The molecule has 5 nitrogen and oxygen atoms in total. The molecule has 0 aliphatic carbocycles. The quantitative estimate of drug-likeness (QED) is 0.850. The Morgan fingerprint density at radius 2 is 2.00 bits per heavy atom. The van der Waals surface area contributed by atoms with Crippen LogP contribution in [0.3, 0.4) is 0 Å². The molecule has 0 saturated heterocycles. The second-order valence-corrected chi connectivity index (χ2v) is 8.96. The van der Waals surface area contributed by atoms with Crippen LogP contribution in [0.5, 0.6) is 0 Å². The Morgan fingerprint density at radius 1 is 1.29 bits per heavy atom. The number of hydrogen-bond donors (Lipinski definition) is 1. The van der Waals surface area contributed by atoms with Crippen molar-refractivity contribution in [2.75, 3.05) is 5.32 Å². The Labute approximate surface area is 152 Å². The molecule has 1 atom stereocenters. The van der Waals surface area contributed by atoms with E-state index in [1.807, 2.05) is 20.8 Å². The summed E-state index contributed by atoms with van der Waals surface area (Å²) >= 11 is 12.1. The number of hydrogen-bond acceptors (Lipinski definition) is 3. The fourth-order valence-corrected chi connectivity index (χ4v) is 4.23. The third-order valence-electron chi connectivity index (χ3n) is 3.71. The number of amides is 1. The lowest BCUT2D eigenvalue weighted by molar-refractivity contribution is 0.102. The maximum atomic E-state index is 12.7. The molecular formula is C16H17Cl2N3O2S. The van der Waals surface area contributed by atoms with E-state index < -0.39 is 10.8 Å². The SMILES string of the molecule is CC(C)(C)n1nc2c(c1NC(=O)c1cc(Cl)ccc1Cl)CS(=O)C2. The van der Waals surface area contributed by atoms with Crippen LogP contribution in [0.4, 0.5) is 5.82 Å². The van der Waals surface area contributed by atoms with E-state index in [4.69, 9.17) is 23.2 Å². The zero-order chi connectivity index (χ0) is 17.6. The summed E-state index contributed by atoms with van der Waals surface area (Å²) in [5, 5.41) is 8.18. The molecule has 1 aliphatic rings. The lowest BCUT2D eigenvalue weighted by Gasteiger charge is -2.23. The largest absolute Gasteiger partial charge is 0.306 e. The van der Waals surface area contributed by atoms with Crippen molar-refractivity contribution in [3.8, 4) is 0 Å². The molecule has 3 rings (SSSR count). The Hall–Kier alpha value is -1.37. The number of fused-ring (bicyclic) bond motifs is 1. The number of benzene rings is 1. The minimum absolute atomic E-state index is 0.290. The van der Waals surface area contributed by atoms with Gasteiger partial charge in [0.25, 0.3) is 5.91 Å². The first-order valence-electron chi connectivity index (χ1n) is 7.39. The molecule has 1 aromatic carbocycles. The van der Waals surface area contributed by atoms with Gasteiger partial charge in [0.15, 0.2) is 0 Å². The average molecular weight is 386 g/mol. The molecule has 2 heterocycles. The minimum Gasteiger partial charge on any atom is -0.306 e. The normalized spacial score (nSPS) is 17.0. The van der Waals surface area contributed by atoms with Gasteiger partial charge in [-0.2, -0.15) is 5.10 Å². The summed E-state index contributed by atoms with van der Waals surface area (Å²) in [5.41, 5.74) is 1.57. The Balaban J connectivity index is 2.02. The van der Waals surface area contributed by atoms with E-state index in [9.17, 15) is 9.00 Å². The molecule has 1 aliphatic heterocycles. The van der Waals surface area contributed by atoms with E-state index >= 15 is 0 Å². The molecule has 1 amide bonds. The van der Waals surface area contributed by atoms with Crippen LogP contribution in [0.25, 0.3) is 0 Å². The van der Waals surface area contributed by atoms with Gasteiger partial charge >= 0.3 is 0 Å². The summed E-state index contributed by atoms with van der Waals surface area (Å²) in [6.45, 7) is 5.98. The van der Waals surface area contributed by atoms with Crippen molar-refractivity contribution in [1.29, 1.82) is 0 Å². The van der Waals surface area contributed by atoms with E-state index in [0.717, 1.165) is 11.3 Å². The number of halogens is 2. The van der Waals surface area contributed by atoms with Gasteiger partial charge in [-0.3, -0.25) is 9.00 Å². The number of carbonyl (C=O) groups is 1. The highest BCUT2D eigenvalue weighted by Gasteiger charge is 2.31. The monoisotopic (exact) mass is 385 g/mol. The maximum Gasteiger partial charge on any atom is 0.258 e. The molecule has 1 aromatic heterocycles. The van der Waals surface area contributed by atoms with E-state index in [1.54, 1.807) is 16.8 Å². The van der Waals surface area contributed by atoms with Crippen molar-refractivity contribution < 1.29 is 9.00 Å². The molecular weight excluding hydrogens is 369 g/mol. The molecule has 0 bridgehead atoms. The fraction of sp³-hybridized carbons (Fsp3) is 0.375. The van der Waals surface area contributed by atoms with Crippen molar-refractivity contribution in [2.45, 2.75) is 37.8 Å². The third kappa shape index (κ3) is 3.23. The highest BCUT2D eigenvalue weighted by molar-refractivity contribution is 7.83. The van der Waals surface area contributed by atoms with Crippen LogP contribution in [0.2, 0.25) is 10.0 Å². The highest BCUT2D eigenvalue weighted by atomic mass is 35.5. The zero-order valence-electron chi connectivity index (χ0n) is 13.5. The fourth-order valence-electron chi connectivity index (χ4n) is 2.59. The van der Waals surface area contributed by atoms with E-state index in [2.05, 4.69) is 10.4 Å². The van der Waals surface area contributed by atoms with Gasteiger partial charge in [-0.1, -0.05) is 23.2 Å². The third-order valence-corrected chi connectivity index (χ3v) is 5.48. The summed E-state index contributed by atoms with van der Waals surface area (Å²) in [4.78, 5) is 12.7. The summed E-state index contributed by atoms with van der Waals surface area (Å²) in [5.74, 6) is 1.02. The number of anilines is 1. The van der Waals surface area contributed by atoms with Gasteiger partial charge in [0.1, 0.15) is 5.82 Å².